The van der Waals surface area contributed by atoms with E-state index in [2.05, 4.69) is 6.58 Å². The molecule has 0 radical (unpaired) electrons. The van der Waals surface area contributed by atoms with Crippen LogP contribution in [0.4, 0.5) is 0 Å². The summed E-state index contributed by atoms with van der Waals surface area (Å²) in [5, 5.41) is 17.9. The first kappa shape index (κ1) is 13.7. The van der Waals surface area contributed by atoms with E-state index in [1.54, 1.807) is 6.08 Å². The third kappa shape index (κ3) is 3.30. The average molecular weight is 241 g/mol. The SMILES string of the molecule is C=CCN(CCO)C(=O)C1CCCC1C(=O)O. The molecular formula is C12H19NO4. The summed E-state index contributed by atoms with van der Waals surface area (Å²) in [5.41, 5.74) is 0. The van der Waals surface area contributed by atoms with Gasteiger partial charge in [-0.3, -0.25) is 9.59 Å². The maximum atomic E-state index is 12.1. The number of aliphatic hydroxyl groups is 1. The summed E-state index contributed by atoms with van der Waals surface area (Å²) in [6.45, 7) is 4.01. The van der Waals surface area contributed by atoms with Crippen molar-refractivity contribution >= 4 is 11.9 Å². The zero-order valence-electron chi connectivity index (χ0n) is 9.84. The highest BCUT2D eigenvalue weighted by atomic mass is 16.4. The van der Waals surface area contributed by atoms with E-state index in [9.17, 15) is 9.59 Å². The van der Waals surface area contributed by atoms with Crippen molar-refractivity contribution in [3.05, 3.63) is 12.7 Å². The number of rotatable bonds is 6. The number of carbonyl (C=O) groups excluding carboxylic acids is 1. The van der Waals surface area contributed by atoms with Crippen molar-refractivity contribution in [1.29, 1.82) is 0 Å². The Morgan fingerprint density at radius 2 is 2.00 bits per heavy atom. The third-order valence-electron chi connectivity index (χ3n) is 3.18. The molecule has 0 aliphatic heterocycles. The molecule has 5 heteroatoms. The monoisotopic (exact) mass is 241 g/mol. The van der Waals surface area contributed by atoms with Crippen LogP contribution in [0.1, 0.15) is 19.3 Å². The first-order valence-corrected chi connectivity index (χ1v) is 5.85. The van der Waals surface area contributed by atoms with Crippen LogP contribution in [0.25, 0.3) is 0 Å². The molecule has 1 saturated carbocycles. The Morgan fingerprint density at radius 3 is 2.53 bits per heavy atom. The van der Waals surface area contributed by atoms with E-state index in [0.29, 0.717) is 19.4 Å². The van der Waals surface area contributed by atoms with Crippen LogP contribution in [0, 0.1) is 11.8 Å². The minimum atomic E-state index is -0.900. The van der Waals surface area contributed by atoms with Gasteiger partial charge in [0.15, 0.2) is 0 Å². The van der Waals surface area contributed by atoms with Crippen LogP contribution in [-0.2, 0) is 9.59 Å². The molecule has 2 atom stereocenters. The predicted octanol–water partition coefficient (Wildman–Crippen LogP) is 0.494. The van der Waals surface area contributed by atoms with E-state index in [1.165, 1.54) is 4.90 Å². The molecule has 1 rings (SSSR count). The quantitative estimate of drug-likeness (QED) is 0.664. The highest BCUT2D eigenvalue weighted by Gasteiger charge is 2.39. The van der Waals surface area contributed by atoms with Gasteiger partial charge in [-0.1, -0.05) is 12.5 Å². The largest absolute Gasteiger partial charge is 0.481 e. The van der Waals surface area contributed by atoms with Gasteiger partial charge in [0.25, 0.3) is 0 Å². The Bertz CT molecular complexity index is 303. The van der Waals surface area contributed by atoms with E-state index in [4.69, 9.17) is 10.2 Å². The Balaban J connectivity index is 2.71. The van der Waals surface area contributed by atoms with E-state index >= 15 is 0 Å². The molecule has 17 heavy (non-hydrogen) atoms. The number of amides is 1. The fourth-order valence-corrected chi connectivity index (χ4v) is 2.35. The standard InChI is InChI=1S/C12H19NO4/c1-2-6-13(7-8-14)11(15)9-4-3-5-10(9)12(16)17/h2,9-10,14H,1,3-8H2,(H,16,17). The zero-order valence-corrected chi connectivity index (χ0v) is 9.84. The van der Waals surface area contributed by atoms with E-state index in [-0.39, 0.29) is 19.1 Å². The molecule has 2 N–H and O–H groups in total. The molecule has 1 fully saturated rings. The van der Waals surface area contributed by atoms with Crippen LogP contribution in [-0.4, -0.2) is 46.7 Å². The molecule has 0 saturated heterocycles. The van der Waals surface area contributed by atoms with Crippen molar-refractivity contribution in [2.45, 2.75) is 19.3 Å². The summed E-state index contributed by atoms with van der Waals surface area (Å²) >= 11 is 0. The van der Waals surface area contributed by atoms with Crippen LogP contribution in [0.5, 0.6) is 0 Å². The number of aliphatic carboxylic acids is 1. The van der Waals surface area contributed by atoms with Crippen LogP contribution in [0.15, 0.2) is 12.7 Å². The minimum absolute atomic E-state index is 0.121. The number of hydrogen-bond acceptors (Lipinski definition) is 3. The number of carbonyl (C=O) groups is 2. The van der Waals surface area contributed by atoms with Crippen molar-refractivity contribution in [2.75, 3.05) is 19.7 Å². The van der Waals surface area contributed by atoms with Crippen molar-refractivity contribution in [3.8, 4) is 0 Å². The van der Waals surface area contributed by atoms with Crippen LogP contribution in [0.3, 0.4) is 0 Å². The number of carboxylic acids is 1. The maximum absolute atomic E-state index is 12.1. The predicted molar refractivity (Wildman–Crippen MR) is 62.3 cm³/mol. The summed E-state index contributed by atoms with van der Waals surface area (Å²) in [7, 11) is 0. The molecule has 0 aromatic rings. The normalized spacial score (nSPS) is 23.4. The summed E-state index contributed by atoms with van der Waals surface area (Å²) in [6, 6.07) is 0. The lowest BCUT2D eigenvalue weighted by Gasteiger charge is -2.25. The Hall–Kier alpha value is -1.36. The number of hydrogen-bond donors (Lipinski definition) is 2. The van der Waals surface area contributed by atoms with E-state index in [1.807, 2.05) is 0 Å². The minimum Gasteiger partial charge on any atom is -0.481 e. The van der Waals surface area contributed by atoms with Gasteiger partial charge in [0, 0.05) is 13.1 Å². The molecule has 0 aromatic carbocycles. The highest BCUT2D eigenvalue weighted by molar-refractivity contribution is 5.85. The Kier molecular flexibility index (Phi) is 5.15. The molecule has 1 amide bonds. The molecule has 1 aliphatic rings. The summed E-state index contributed by atoms with van der Waals surface area (Å²) in [5.74, 6) is -2.10. The molecule has 1 aliphatic carbocycles. The van der Waals surface area contributed by atoms with Gasteiger partial charge in [-0.05, 0) is 12.8 Å². The van der Waals surface area contributed by atoms with Gasteiger partial charge in [0.2, 0.25) is 5.91 Å². The lowest BCUT2D eigenvalue weighted by Crippen LogP contribution is -2.40. The smallest absolute Gasteiger partial charge is 0.307 e. The molecule has 0 bridgehead atoms. The van der Waals surface area contributed by atoms with Crippen LogP contribution >= 0.6 is 0 Å². The first-order valence-electron chi connectivity index (χ1n) is 5.85. The third-order valence-corrected chi connectivity index (χ3v) is 3.18. The number of carboxylic acid groups (broad SMARTS) is 1. The van der Waals surface area contributed by atoms with Gasteiger partial charge in [-0.15, -0.1) is 6.58 Å². The average Bonchev–Trinajstić information content (AvgIpc) is 2.76. The lowest BCUT2D eigenvalue weighted by atomic mass is 9.94. The number of aliphatic hydroxyl groups excluding tert-OH is 1. The second-order valence-electron chi connectivity index (χ2n) is 4.28. The molecule has 5 nitrogen and oxygen atoms in total. The first-order chi connectivity index (χ1) is 8.11. The van der Waals surface area contributed by atoms with Gasteiger partial charge in [0.05, 0.1) is 18.4 Å². The fraction of sp³-hybridized carbons (Fsp3) is 0.667. The molecule has 0 spiro atoms. The second-order valence-corrected chi connectivity index (χ2v) is 4.28. The van der Waals surface area contributed by atoms with Gasteiger partial charge < -0.3 is 15.1 Å². The maximum Gasteiger partial charge on any atom is 0.307 e. The van der Waals surface area contributed by atoms with Crippen LogP contribution in [0.2, 0.25) is 0 Å². The molecule has 96 valence electrons. The van der Waals surface area contributed by atoms with Crippen LogP contribution < -0.4 is 0 Å². The van der Waals surface area contributed by atoms with E-state index in [0.717, 1.165) is 6.42 Å². The van der Waals surface area contributed by atoms with Gasteiger partial charge >= 0.3 is 5.97 Å². The molecule has 2 unspecified atom stereocenters. The van der Waals surface area contributed by atoms with Gasteiger partial charge in [0.1, 0.15) is 0 Å². The fourth-order valence-electron chi connectivity index (χ4n) is 2.35. The highest BCUT2D eigenvalue weighted by Crippen LogP contribution is 2.33. The number of nitrogens with zero attached hydrogens (tertiary/aromatic N) is 1. The van der Waals surface area contributed by atoms with Crippen molar-refractivity contribution in [1.82, 2.24) is 4.90 Å². The summed E-state index contributed by atoms with van der Waals surface area (Å²) in [6.07, 6.45) is 3.54. The Labute approximate surface area is 101 Å². The molecular weight excluding hydrogens is 222 g/mol. The van der Waals surface area contributed by atoms with Gasteiger partial charge in [-0.2, -0.15) is 0 Å². The Morgan fingerprint density at radius 1 is 1.35 bits per heavy atom. The summed E-state index contributed by atoms with van der Waals surface area (Å²) < 4.78 is 0. The van der Waals surface area contributed by atoms with Crippen molar-refractivity contribution in [2.24, 2.45) is 11.8 Å². The lowest BCUT2D eigenvalue weighted by molar-refractivity contribution is -0.149. The second kappa shape index (κ2) is 6.39. The van der Waals surface area contributed by atoms with E-state index < -0.39 is 17.8 Å². The van der Waals surface area contributed by atoms with Gasteiger partial charge in [-0.25, -0.2) is 0 Å². The molecule has 0 heterocycles. The van der Waals surface area contributed by atoms with Crippen molar-refractivity contribution < 1.29 is 19.8 Å². The molecule has 0 aromatic heterocycles. The van der Waals surface area contributed by atoms with Crippen molar-refractivity contribution in [3.63, 3.8) is 0 Å². The summed E-state index contributed by atoms with van der Waals surface area (Å²) in [4.78, 5) is 24.6. The zero-order chi connectivity index (χ0) is 12.8. The topological polar surface area (TPSA) is 77.8 Å².